The van der Waals surface area contributed by atoms with E-state index in [1.165, 1.54) is 0 Å². The predicted octanol–water partition coefficient (Wildman–Crippen LogP) is 2.20. The Morgan fingerprint density at radius 2 is 2.50 bits per heavy atom. The summed E-state index contributed by atoms with van der Waals surface area (Å²) in [5.74, 6) is 0.487. The van der Waals surface area contributed by atoms with Crippen molar-refractivity contribution in [3.8, 4) is 0 Å². The first kappa shape index (κ1) is 9.77. The van der Waals surface area contributed by atoms with Crippen LogP contribution in [0.2, 0.25) is 0 Å². The van der Waals surface area contributed by atoms with Gasteiger partial charge in [-0.3, -0.25) is 4.79 Å². The van der Waals surface area contributed by atoms with Crippen LogP contribution in [0.15, 0.2) is 16.7 Å². The van der Waals surface area contributed by atoms with Crippen LogP contribution in [-0.2, 0) is 0 Å². The third-order valence-electron chi connectivity index (χ3n) is 2.47. The van der Waals surface area contributed by atoms with Crippen molar-refractivity contribution in [1.82, 2.24) is 4.90 Å². The summed E-state index contributed by atoms with van der Waals surface area (Å²) in [7, 11) is 0. The van der Waals surface area contributed by atoms with Crippen LogP contribution in [0.5, 0.6) is 0 Å². The Balaban J connectivity index is 2.13. The van der Waals surface area contributed by atoms with Crippen molar-refractivity contribution >= 4 is 21.8 Å². The zero-order chi connectivity index (χ0) is 10.1. The van der Waals surface area contributed by atoms with E-state index in [2.05, 4.69) is 15.9 Å². The summed E-state index contributed by atoms with van der Waals surface area (Å²) in [5.41, 5.74) is 0.910. The van der Waals surface area contributed by atoms with Crippen LogP contribution >= 0.6 is 15.9 Å². The van der Waals surface area contributed by atoms with Crippen LogP contribution in [0.1, 0.15) is 22.5 Å². The standard InChI is InChI=1S/C10H12BrNO2/c1-7-3-5-14-9(7)10(13)12-4-2-8(11)6-12/h3,5,8H,2,4,6H2,1H3. The van der Waals surface area contributed by atoms with E-state index in [0.29, 0.717) is 10.6 Å². The molecule has 3 nitrogen and oxygen atoms in total. The van der Waals surface area contributed by atoms with E-state index < -0.39 is 0 Å². The molecule has 0 spiro atoms. The molecule has 0 aliphatic carbocycles. The number of amides is 1. The van der Waals surface area contributed by atoms with Crippen molar-refractivity contribution in [3.63, 3.8) is 0 Å². The molecule has 1 unspecified atom stereocenters. The fourth-order valence-electron chi connectivity index (χ4n) is 1.64. The molecule has 1 amide bonds. The van der Waals surface area contributed by atoms with E-state index in [4.69, 9.17) is 4.42 Å². The Morgan fingerprint density at radius 3 is 3.00 bits per heavy atom. The Bertz CT molecular complexity index is 348. The van der Waals surface area contributed by atoms with E-state index in [1.807, 2.05) is 17.9 Å². The number of carbonyl (C=O) groups excluding carboxylic acids is 1. The van der Waals surface area contributed by atoms with Gasteiger partial charge < -0.3 is 9.32 Å². The van der Waals surface area contributed by atoms with Gasteiger partial charge in [-0.15, -0.1) is 0 Å². The summed E-state index contributed by atoms with van der Waals surface area (Å²) in [6.07, 6.45) is 2.58. The van der Waals surface area contributed by atoms with Gasteiger partial charge in [0.05, 0.1) is 6.26 Å². The molecule has 4 heteroatoms. The highest BCUT2D eigenvalue weighted by Crippen LogP contribution is 2.20. The molecule has 76 valence electrons. The molecule has 0 bridgehead atoms. The highest BCUT2D eigenvalue weighted by molar-refractivity contribution is 9.09. The third-order valence-corrected chi connectivity index (χ3v) is 3.22. The predicted molar refractivity (Wildman–Crippen MR) is 56.7 cm³/mol. The number of alkyl halides is 1. The first-order valence-corrected chi connectivity index (χ1v) is 5.57. The topological polar surface area (TPSA) is 33.5 Å². The number of hydrogen-bond donors (Lipinski definition) is 0. The number of hydrogen-bond acceptors (Lipinski definition) is 2. The normalized spacial score (nSPS) is 21.6. The number of halogens is 1. The highest BCUT2D eigenvalue weighted by Gasteiger charge is 2.27. The molecule has 1 atom stereocenters. The van der Waals surface area contributed by atoms with Crippen LogP contribution in [-0.4, -0.2) is 28.7 Å². The Hall–Kier alpha value is -0.770. The van der Waals surface area contributed by atoms with E-state index in [1.54, 1.807) is 6.26 Å². The molecule has 0 N–H and O–H groups in total. The molecular formula is C10H12BrNO2. The first-order valence-electron chi connectivity index (χ1n) is 4.66. The zero-order valence-electron chi connectivity index (χ0n) is 8.00. The van der Waals surface area contributed by atoms with Gasteiger partial charge in [0.15, 0.2) is 5.76 Å². The lowest BCUT2D eigenvalue weighted by atomic mass is 10.2. The minimum atomic E-state index is 0.00875. The lowest BCUT2D eigenvalue weighted by Crippen LogP contribution is -2.28. The lowest BCUT2D eigenvalue weighted by molar-refractivity contribution is 0.0761. The molecule has 2 rings (SSSR count). The van der Waals surface area contributed by atoms with Crippen LogP contribution in [0.3, 0.4) is 0 Å². The van der Waals surface area contributed by atoms with Gasteiger partial charge in [-0.05, 0) is 19.4 Å². The second kappa shape index (κ2) is 3.77. The number of likely N-dealkylation sites (tertiary alicyclic amines) is 1. The number of aryl methyl sites for hydroxylation is 1. The molecule has 1 fully saturated rings. The minimum Gasteiger partial charge on any atom is -0.459 e. The van der Waals surface area contributed by atoms with Gasteiger partial charge in [0.2, 0.25) is 0 Å². The van der Waals surface area contributed by atoms with Gasteiger partial charge in [-0.25, -0.2) is 0 Å². The quantitative estimate of drug-likeness (QED) is 0.723. The molecule has 1 saturated heterocycles. The van der Waals surface area contributed by atoms with Gasteiger partial charge in [0.25, 0.3) is 5.91 Å². The molecule has 0 radical (unpaired) electrons. The number of rotatable bonds is 1. The lowest BCUT2D eigenvalue weighted by Gasteiger charge is -2.13. The molecule has 1 aromatic heterocycles. The average Bonchev–Trinajstić information content (AvgIpc) is 2.73. The first-order chi connectivity index (χ1) is 6.68. The largest absolute Gasteiger partial charge is 0.459 e. The van der Waals surface area contributed by atoms with Crippen LogP contribution in [0, 0.1) is 6.92 Å². The maximum atomic E-state index is 11.9. The number of furan rings is 1. The van der Waals surface area contributed by atoms with Crippen molar-refractivity contribution in [2.45, 2.75) is 18.2 Å². The maximum Gasteiger partial charge on any atom is 0.289 e. The summed E-state index contributed by atoms with van der Waals surface area (Å²) in [4.78, 5) is 14.1. The SMILES string of the molecule is Cc1ccoc1C(=O)N1CCC(Br)C1. The second-order valence-corrected chi connectivity index (χ2v) is 4.86. The van der Waals surface area contributed by atoms with Crippen molar-refractivity contribution in [1.29, 1.82) is 0 Å². The van der Waals surface area contributed by atoms with E-state index >= 15 is 0 Å². The number of nitrogens with zero attached hydrogens (tertiary/aromatic N) is 1. The molecule has 0 aromatic carbocycles. The maximum absolute atomic E-state index is 11.9. The zero-order valence-corrected chi connectivity index (χ0v) is 9.58. The van der Waals surface area contributed by atoms with Gasteiger partial charge in [0, 0.05) is 23.5 Å². The number of carbonyl (C=O) groups is 1. The van der Waals surface area contributed by atoms with Gasteiger partial charge in [-0.2, -0.15) is 0 Å². The summed E-state index contributed by atoms with van der Waals surface area (Å²) in [5, 5.41) is 0. The molecule has 1 aromatic rings. The van der Waals surface area contributed by atoms with E-state index in [-0.39, 0.29) is 5.91 Å². The van der Waals surface area contributed by atoms with Crippen LogP contribution in [0.4, 0.5) is 0 Å². The average molecular weight is 258 g/mol. The molecule has 14 heavy (non-hydrogen) atoms. The van der Waals surface area contributed by atoms with E-state index in [0.717, 1.165) is 25.1 Å². The molecule has 2 heterocycles. The molecule has 1 aliphatic heterocycles. The van der Waals surface area contributed by atoms with Gasteiger partial charge in [-0.1, -0.05) is 15.9 Å². The van der Waals surface area contributed by atoms with Crippen molar-refractivity contribution in [2.75, 3.05) is 13.1 Å². The summed E-state index contributed by atoms with van der Waals surface area (Å²) >= 11 is 3.50. The fraction of sp³-hybridized carbons (Fsp3) is 0.500. The van der Waals surface area contributed by atoms with Gasteiger partial charge in [0.1, 0.15) is 0 Å². The van der Waals surface area contributed by atoms with Crippen LogP contribution in [0.25, 0.3) is 0 Å². The summed E-state index contributed by atoms with van der Waals surface area (Å²) in [6, 6.07) is 1.81. The van der Waals surface area contributed by atoms with Crippen molar-refractivity contribution in [3.05, 3.63) is 23.7 Å². The Kier molecular flexibility index (Phi) is 2.63. The molecule has 1 aliphatic rings. The second-order valence-electron chi connectivity index (χ2n) is 3.57. The van der Waals surface area contributed by atoms with Crippen LogP contribution < -0.4 is 0 Å². The van der Waals surface area contributed by atoms with Gasteiger partial charge >= 0.3 is 0 Å². The smallest absolute Gasteiger partial charge is 0.289 e. The van der Waals surface area contributed by atoms with E-state index in [9.17, 15) is 4.79 Å². The summed E-state index contributed by atoms with van der Waals surface area (Å²) in [6.45, 7) is 3.48. The monoisotopic (exact) mass is 257 g/mol. The van der Waals surface area contributed by atoms with Crippen molar-refractivity contribution in [2.24, 2.45) is 0 Å². The Morgan fingerprint density at radius 1 is 1.71 bits per heavy atom. The molecular weight excluding hydrogens is 246 g/mol. The molecule has 0 saturated carbocycles. The summed E-state index contributed by atoms with van der Waals surface area (Å²) < 4.78 is 5.17. The Labute approximate surface area is 91.2 Å². The third kappa shape index (κ3) is 1.71. The fourth-order valence-corrected chi connectivity index (χ4v) is 2.19. The minimum absolute atomic E-state index is 0.00875. The highest BCUT2D eigenvalue weighted by atomic mass is 79.9. The van der Waals surface area contributed by atoms with Crippen molar-refractivity contribution < 1.29 is 9.21 Å².